The van der Waals surface area contributed by atoms with Gasteiger partial charge in [-0.3, -0.25) is 14.9 Å². The van der Waals surface area contributed by atoms with Crippen molar-refractivity contribution >= 4 is 23.2 Å². The molecule has 0 aliphatic rings. The summed E-state index contributed by atoms with van der Waals surface area (Å²) in [6.07, 6.45) is 0. The summed E-state index contributed by atoms with van der Waals surface area (Å²) in [4.78, 5) is 23.8. The lowest BCUT2D eigenvalue weighted by molar-refractivity contribution is -0.385. The second kappa shape index (κ2) is 9.13. The van der Waals surface area contributed by atoms with Crippen LogP contribution in [0, 0.1) is 10.1 Å². The van der Waals surface area contributed by atoms with Crippen LogP contribution >= 0.6 is 11.6 Å². The molecule has 0 fully saturated rings. The minimum absolute atomic E-state index is 0.0149. The molecular formula is C17H15ClF2N2O5. The van der Waals surface area contributed by atoms with Crippen LogP contribution in [-0.2, 0) is 11.3 Å². The molecule has 0 radical (unpaired) electrons. The first-order valence-corrected chi connectivity index (χ1v) is 7.98. The molecule has 0 saturated carbocycles. The standard InChI is InChI=1S/C17H15ClF2N2O5/c1-21(9-11-2-5-13(6-3-11)27-17(19)20)16(23)10-26-15-7-4-12(18)8-14(15)22(24)25/h2-8,17H,9-10H2,1H3. The summed E-state index contributed by atoms with van der Waals surface area (Å²) in [7, 11) is 1.52. The Bertz CT molecular complexity index is 817. The van der Waals surface area contributed by atoms with Crippen LogP contribution in [0.25, 0.3) is 0 Å². The molecule has 2 aromatic rings. The van der Waals surface area contributed by atoms with Crippen LogP contribution in [0.4, 0.5) is 14.5 Å². The van der Waals surface area contributed by atoms with Gasteiger partial charge in [0.2, 0.25) is 0 Å². The molecule has 0 N–H and O–H groups in total. The van der Waals surface area contributed by atoms with Gasteiger partial charge in [0.05, 0.1) is 4.92 Å². The van der Waals surface area contributed by atoms with Gasteiger partial charge in [-0.25, -0.2) is 0 Å². The third-order valence-corrected chi connectivity index (χ3v) is 3.70. The Morgan fingerprint density at radius 1 is 1.26 bits per heavy atom. The van der Waals surface area contributed by atoms with Gasteiger partial charge in [-0.1, -0.05) is 23.7 Å². The van der Waals surface area contributed by atoms with Crippen molar-refractivity contribution in [3.05, 3.63) is 63.2 Å². The van der Waals surface area contributed by atoms with Gasteiger partial charge in [-0.15, -0.1) is 0 Å². The third-order valence-electron chi connectivity index (χ3n) is 3.46. The van der Waals surface area contributed by atoms with Gasteiger partial charge in [0.15, 0.2) is 12.4 Å². The van der Waals surface area contributed by atoms with Crippen LogP contribution in [0.2, 0.25) is 5.02 Å². The van der Waals surface area contributed by atoms with Crippen molar-refractivity contribution in [1.82, 2.24) is 4.90 Å². The summed E-state index contributed by atoms with van der Waals surface area (Å²) < 4.78 is 33.7. The zero-order valence-corrected chi connectivity index (χ0v) is 14.9. The van der Waals surface area contributed by atoms with E-state index in [2.05, 4.69) is 4.74 Å². The normalized spacial score (nSPS) is 10.6. The molecule has 0 unspecified atom stereocenters. The lowest BCUT2D eigenvalue weighted by atomic mass is 10.2. The molecule has 1 amide bonds. The Kier molecular flexibility index (Phi) is 6.89. The van der Waals surface area contributed by atoms with Gasteiger partial charge in [-0.2, -0.15) is 8.78 Å². The lowest BCUT2D eigenvalue weighted by Crippen LogP contribution is -2.31. The van der Waals surface area contributed by atoms with E-state index in [9.17, 15) is 23.7 Å². The van der Waals surface area contributed by atoms with E-state index >= 15 is 0 Å². The largest absolute Gasteiger partial charge is 0.477 e. The van der Waals surface area contributed by atoms with Gasteiger partial charge in [0.1, 0.15) is 5.75 Å². The lowest BCUT2D eigenvalue weighted by Gasteiger charge is -2.18. The monoisotopic (exact) mass is 400 g/mol. The molecular weight excluding hydrogens is 386 g/mol. The van der Waals surface area contributed by atoms with E-state index in [1.165, 1.54) is 36.2 Å². The van der Waals surface area contributed by atoms with Crippen LogP contribution in [0.1, 0.15) is 5.56 Å². The topological polar surface area (TPSA) is 81.9 Å². The summed E-state index contributed by atoms with van der Waals surface area (Å²) >= 11 is 5.72. The van der Waals surface area contributed by atoms with Crippen LogP contribution in [0.3, 0.4) is 0 Å². The second-order valence-corrected chi connectivity index (χ2v) is 5.87. The number of halogens is 3. The zero-order chi connectivity index (χ0) is 20.0. The van der Waals surface area contributed by atoms with E-state index in [1.54, 1.807) is 12.1 Å². The molecule has 10 heteroatoms. The van der Waals surface area contributed by atoms with Gasteiger partial charge in [-0.05, 0) is 29.8 Å². The number of hydrogen-bond donors (Lipinski definition) is 0. The fourth-order valence-corrected chi connectivity index (χ4v) is 2.31. The molecule has 0 bridgehead atoms. The number of nitrogens with zero attached hydrogens (tertiary/aromatic N) is 2. The SMILES string of the molecule is CN(Cc1ccc(OC(F)F)cc1)C(=O)COc1ccc(Cl)cc1[N+](=O)[O-]. The number of likely N-dealkylation sites (N-methyl/N-ethyl adjacent to an activating group) is 1. The maximum atomic E-state index is 12.2. The second-order valence-electron chi connectivity index (χ2n) is 5.43. The number of alkyl halides is 2. The highest BCUT2D eigenvalue weighted by atomic mass is 35.5. The van der Waals surface area contributed by atoms with Crippen molar-refractivity contribution < 1.29 is 28.0 Å². The molecule has 2 aromatic carbocycles. The van der Waals surface area contributed by atoms with Crippen molar-refractivity contribution in [2.24, 2.45) is 0 Å². The summed E-state index contributed by atoms with van der Waals surface area (Å²) in [6, 6.07) is 9.70. The van der Waals surface area contributed by atoms with Gasteiger partial charge < -0.3 is 14.4 Å². The average molecular weight is 401 g/mol. The van der Waals surface area contributed by atoms with E-state index < -0.39 is 24.0 Å². The van der Waals surface area contributed by atoms with E-state index in [4.69, 9.17) is 16.3 Å². The number of nitro groups is 1. The number of amides is 1. The molecule has 2 rings (SSSR count). The van der Waals surface area contributed by atoms with Gasteiger partial charge >= 0.3 is 12.3 Å². The average Bonchev–Trinajstić information content (AvgIpc) is 2.61. The number of ether oxygens (including phenoxy) is 2. The maximum Gasteiger partial charge on any atom is 0.387 e. The summed E-state index contributed by atoms with van der Waals surface area (Å²) in [6.45, 7) is -3.13. The van der Waals surface area contributed by atoms with E-state index in [-0.39, 0.29) is 28.8 Å². The Morgan fingerprint density at radius 3 is 2.52 bits per heavy atom. The Morgan fingerprint density at radius 2 is 1.93 bits per heavy atom. The molecule has 0 aliphatic carbocycles. The van der Waals surface area contributed by atoms with Crippen LogP contribution in [-0.4, -0.2) is 36.0 Å². The third kappa shape index (κ3) is 6.07. The quantitative estimate of drug-likeness (QED) is 0.496. The van der Waals surface area contributed by atoms with Crippen molar-refractivity contribution in [1.29, 1.82) is 0 Å². The predicted molar refractivity (Wildman–Crippen MR) is 93.1 cm³/mol. The summed E-state index contributed by atoms with van der Waals surface area (Å²) in [5.41, 5.74) is 0.345. The zero-order valence-electron chi connectivity index (χ0n) is 14.1. The number of hydrogen-bond acceptors (Lipinski definition) is 5. The number of carbonyl (C=O) groups excluding carboxylic acids is 1. The maximum absolute atomic E-state index is 12.2. The molecule has 144 valence electrons. The minimum Gasteiger partial charge on any atom is -0.477 e. The van der Waals surface area contributed by atoms with E-state index in [0.717, 1.165) is 6.07 Å². The van der Waals surface area contributed by atoms with Gasteiger partial charge in [0.25, 0.3) is 5.91 Å². The Hall–Kier alpha value is -2.94. The van der Waals surface area contributed by atoms with E-state index in [0.29, 0.717) is 5.56 Å². The predicted octanol–water partition coefficient (Wildman–Crippen LogP) is 3.89. The smallest absolute Gasteiger partial charge is 0.387 e. The Balaban J connectivity index is 1.93. The molecule has 0 heterocycles. The fourth-order valence-electron chi connectivity index (χ4n) is 2.14. The highest BCUT2D eigenvalue weighted by Crippen LogP contribution is 2.29. The number of benzene rings is 2. The van der Waals surface area contributed by atoms with Crippen molar-refractivity contribution in [2.75, 3.05) is 13.7 Å². The highest BCUT2D eigenvalue weighted by molar-refractivity contribution is 6.30. The van der Waals surface area contributed by atoms with E-state index in [1.807, 2.05) is 0 Å². The molecule has 0 atom stereocenters. The molecule has 0 aliphatic heterocycles. The molecule has 0 saturated heterocycles. The first-order chi connectivity index (χ1) is 12.8. The molecule has 27 heavy (non-hydrogen) atoms. The van der Waals surface area contributed by atoms with Gasteiger partial charge in [0, 0.05) is 24.7 Å². The highest BCUT2D eigenvalue weighted by Gasteiger charge is 2.18. The number of carbonyl (C=O) groups is 1. The molecule has 7 nitrogen and oxygen atoms in total. The Labute approximate surface area is 158 Å². The van der Waals surface area contributed by atoms with Crippen molar-refractivity contribution in [3.8, 4) is 11.5 Å². The molecule has 0 aromatic heterocycles. The first-order valence-electron chi connectivity index (χ1n) is 7.60. The summed E-state index contributed by atoms with van der Waals surface area (Å²) in [5.74, 6) is -0.479. The van der Waals surface area contributed by atoms with Crippen LogP contribution < -0.4 is 9.47 Å². The fraction of sp³-hybridized carbons (Fsp3) is 0.235. The first kappa shape index (κ1) is 20.4. The van der Waals surface area contributed by atoms with Crippen LogP contribution in [0.15, 0.2) is 42.5 Å². The van der Waals surface area contributed by atoms with Crippen molar-refractivity contribution in [2.45, 2.75) is 13.2 Å². The molecule has 0 spiro atoms. The summed E-state index contributed by atoms with van der Waals surface area (Å²) in [5, 5.41) is 11.2. The number of rotatable bonds is 8. The van der Waals surface area contributed by atoms with Crippen molar-refractivity contribution in [3.63, 3.8) is 0 Å². The number of nitro benzene ring substituents is 1. The minimum atomic E-state index is -2.91. The van der Waals surface area contributed by atoms with Crippen LogP contribution in [0.5, 0.6) is 11.5 Å².